The SMILES string of the molecule is O=C(NNC(=S)NC(=O)C1CC1)c1ccccc1OCc1ccccc1. The summed E-state index contributed by atoms with van der Waals surface area (Å²) in [5, 5.41) is 2.61. The summed E-state index contributed by atoms with van der Waals surface area (Å²) in [6.45, 7) is 0.356. The Morgan fingerprint density at radius 1 is 1.00 bits per heavy atom. The number of carbonyl (C=O) groups excluding carboxylic acids is 2. The summed E-state index contributed by atoms with van der Waals surface area (Å²) in [7, 11) is 0. The molecule has 6 nitrogen and oxygen atoms in total. The van der Waals surface area contributed by atoms with E-state index in [1.165, 1.54) is 0 Å². The van der Waals surface area contributed by atoms with E-state index in [1.807, 2.05) is 30.3 Å². The molecule has 0 radical (unpaired) electrons. The highest BCUT2D eigenvalue weighted by atomic mass is 32.1. The third-order valence-corrected chi connectivity index (χ3v) is 4.05. The van der Waals surface area contributed by atoms with Gasteiger partial charge < -0.3 is 10.1 Å². The summed E-state index contributed by atoms with van der Waals surface area (Å²) >= 11 is 5.00. The fraction of sp³-hybridized carbons (Fsp3) is 0.211. The van der Waals surface area contributed by atoms with Gasteiger partial charge in [-0.05, 0) is 42.8 Å². The average molecular weight is 369 g/mol. The molecule has 7 heteroatoms. The van der Waals surface area contributed by atoms with Crippen molar-refractivity contribution >= 4 is 29.1 Å². The third kappa shape index (κ3) is 5.03. The van der Waals surface area contributed by atoms with Crippen molar-refractivity contribution in [2.75, 3.05) is 0 Å². The Kier molecular flexibility index (Phi) is 5.80. The molecule has 0 saturated heterocycles. The highest BCUT2D eigenvalue weighted by Crippen LogP contribution is 2.28. The maximum atomic E-state index is 12.4. The van der Waals surface area contributed by atoms with E-state index in [2.05, 4.69) is 16.2 Å². The minimum atomic E-state index is -0.406. The van der Waals surface area contributed by atoms with Crippen LogP contribution in [0.3, 0.4) is 0 Å². The first-order chi connectivity index (χ1) is 12.6. The van der Waals surface area contributed by atoms with Crippen LogP contribution in [0, 0.1) is 5.92 Å². The zero-order valence-electron chi connectivity index (χ0n) is 14.0. The topological polar surface area (TPSA) is 79.5 Å². The molecular weight excluding hydrogens is 350 g/mol. The maximum absolute atomic E-state index is 12.4. The highest BCUT2D eigenvalue weighted by molar-refractivity contribution is 7.80. The van der Waals surface area contributed by atoms with Crippen LogP contribution in [0.2, 0.25) is 0 Å². The molecule has 1 aliphatic carbocycles. The van der Waals surface area contributed by atoms with Gasteiger partial charge in [-0.15, -0.1) is 0 Å². The van der Waals surface area contributed by atoms with Crippen LogP contribution in [0.25, 0.3) is 0 Å². The van der Waals surface area contributed by atoms with E-state index in [0.29, 0.717) is 17.9 Å². The van der Waals surface area contributed by atoms with Crippen molar-refractivity contribution in [2.45, 2.75) is 19.4 Å². The van der Waals surface area contributed by atoms with Gasteiger partial charge in [0.15, 0.2) is 5.11 Å². The normalized spacial score (nSPS) is 12.8. The summed E-state index contributed by atoms with van der Waals surface area (Å²) in [6.07, 6.45) is 1.76. The molecule has 2 aromatic carbocycles. The van der Waals surface area contributed by atoms with Gasteiger partial charge in [-0.2, -0.15) is 0 Å². The molecule has 26 heavy (non-hydrogen) atoms. The first kappa shape index (κ1) is 17.9. The number of para-hydroxylation sites is 1. The summed E-state index contributed by atoms with van der Waals surface area (Å²) in [4.78, 5) is 24.0. The Bertz CT molecular complexity index is 807. The molecule has 0 bridgehead atoms. The van der Waals surface area contributed by atoms with Crippen LogP contribution in [0.1, 0.15) is 28.8 Å². The summed E-state index contributed by atoms with van der Waals surface area (Å²) in [5.74, 6) is -0.0267. The second-order valence-corrected chi connectivity index (χ2v) is 6.35. The van der Waals surface area contributed by atoms with Crippen LogP contribution in [0.4, 0.5) is 0 Å². The number of amides is 2. The fourth-order valence-corrected chi connectivity index (χ4v) is 2.44. The molecule has 0 aliphatic heterocycles. The number of hydrazine groups is 1. The fourth-order valence-electron chi connectivity index (χ4n) is 2.29. The Balaban J connectivity index is 1.55. The molecule has 0 unspecified atom stereocenters. The molecule has 2 aromatic rings. The van der Waals surface area contributed by atoms with E-state index in [1.54, 1.807) is 24.3 Å². The zero-order valence-corrected chi connectivity index (χ0v) is 14.8. The monoisotopic (exact) mass is 369 g/mol. The zero-order chi connectivity index (χ0) is 18.4. The standard InChI is InChI=1S/C19H19N3O3S/c23-17(14-10-11-14)20-19(26)22-21-18(24)15-8-4-5-9-16(15)25-12-13-6-2-1-3-7-13/h1-9,14H,10-12H2,(H,21,24)(H2,20,22,23,26). The van der Waals surface area contributed by atoms with Crippen LogP contribution < -0.4 is 20.9 Å². The van der Waals surface area contributed by atoms with E-state index in [4.69, 9.17) is 17.0 Å². The third-order valence-electron chi connectivity index (χ3n) is 3.84. The van der Waals surface area contributed by atoms with Gasteiger partial charge >= 0.3 is 0 Å². The Labute approximate surface area is 156 Å². The van der Waals surface area contributed by atoms with Gasteiger partial charge in [0.05, 0.1) is 5.56 Å². The van der Waals surface area contributed by atoms with Crippen LogP contribution in [-0.2, 0) is 11.4 Å². The van der Waals surface area contributed by atoms with Crippen molar-refractivity contribution in [3.05, 3.63) is 65.7 Å². The van der Waals surface area contributed by atoms with Crippen molar-refractivity contribution in [2.24, 2.45) is 5.92 Å². The first-order valence-electron chi connectivity index (χ1n) is 8.30. The average Bonchev–Trinajstić information content (AvgIpc) is 3.51. The minimum absolute atomic E-state index is 0.0394. The van der Waals surface area contributed by atoms with Crippen molar-refractivity contribution in [1.82, 2.24) is 16.2 Å². The van der Waals surface area contributed by atoms with E-state index in [0.717, 1.165) is 18.4 Å². The summed E-state index contributed by atoms with van der Waals surface area (Å²) in [5.41, 5.74) is 6.39. The lowest BCUT2D eigenvalue weighted by atomic mass is 10.2. The Morgan fingerprint density at radius 3 is 2.42 bits per heavy atom. The number of ether oxygens (including phenoxy) is 1. The number of thiocarbonyl (C=S) groups is 1. The number of nitrogens with one attached hydrogen (secondary N) is 3. The van der Waals surface area contributed by atoms with E-state index < -0.39 is 5.91 Å². The van der Waals surface area contributed by atoms with Crippen LogP contribution in [0.15, 0.2) is 54.6 Å². The number of rotatable bonds is 5. The predicted octanol–water partition coefficient (Wildman–Crippen LogP) is 2.31. The lowest BCUT2D eigenvalue weighted by molar-refractivity contribution is -0.120. The van der Waals surface area contributed by atoms with Crippen molar-refractivity contribution in [1.29, 1.82) is 0 Å². The summed E-state index contributed by atoms with van der Waals surface area (Å²) < 4.78 is 5.76. The molecule has 0 spiro atoms. The molecule has 1 aliphatic rings. The molecule has 3 N–H and O–H groups in total. The van der Waals surface area contributed by atoms with E-state index in [9.17, 15) is 9.59 Å². The smallest absolute Gasteiger partial charge is 0.273 e. The van der Waals surface area contributed by atoms with Gasteiger partial charge in [-0.3, -0.25) is 20.4 Å². The Hall–Kier alpha value is -2.93. The molecule has 2 amide bonds. The van der Waals surface area contributed by atoms with Gasteiger partial charge in [0, 0.05) is 5.92 Å². The number of carbonyl (C=O) groups is 2. The van der Waals surface area contributed by atoms with E-state index in [-0.39, 0.29) is 16.9 Å². The quantitative estimate of drug-likeness (QED) is 0.557. The van der Waals surface area contributed by atoms with Gasteiger partial charge in [0.2, 0.25) is 5.91 Å². The summed E-state index contributed by atoms with van der Waals surface area (Å²) in [6, 6.07) is 16.6. The first-order valence-corrected chi connectivity index (χ1v) is 8.71. The minimum Gasteiger partial charge on any atom is -0.488 e. The van der Waals surface area contributed by atoms with Crippen LogP contribution in [0.5, 0.6) is 5.75 Å². The maximum Gasteiger partial charge on any atom is 0.273 e. The van der Waals surface area contributed by atoms with Crippen LogP contribution in [-0.4, -0.2) is 16.9 Å². The van der Waals surface area contributed by atoms with Crippen molar-refractivity contribution < 1.29 is 14.3 Å². The lowest BCUT2D eigenvalue weighted by Gasteiger charge is -2.13. The highest BCUT2D eigenvalue weighted by Gasteiger charge is 2.30. The molecule has 134 valence electrons. The predicted molar refractivity (Wildman–Crippen MR) is 101 cm³/mol. The van der Waals surface area contributed by atoms with Gasteiger partial charge in [-0.25, -0.2) is 0 Å². The molecule has 0 atom stereocenters. The molecule has 1 fully saturated rings. The second-order valence-electron chi connectivity index (χ2n) is 5.94. The number of hydrogen-bond donors (Lipinski definition) is 3. The van der Waals surface area contributed by atoms with Crippen molar-refractivity contribution in [3.8, 4) is 5.75 Å². The largest absolute Gasteiger partial charge is 0.488 e. The van der Waals surface area contributed by atoms with E-state index >= 15 is 0 Å². The molecule has 0 aromatic heterocycles. The van der Waals surface area contributed by atoms with Gasteiger partial charge in [0.1, 0.15) is 12.4 Å². The molecule has 0 heterocycles. The van der Waals surface area contributed by atoms with Crippen LogP contribution >= 0.6 is 12.2 Å². The number of benzene rings is 2. The van der Waals surface area contributed by atoms with Crippen molar-refractivity contribution in [3.63, 3.8) is 0 Å². The lowest BCUT2D eigenvalue weighted by Crippen LogP contribution is -2.48. The molecule has 3 rings (SSSR count). The molecule has 1 saturated carbocycles. The number of hydrogen-bond acceptors (Lipinski definition) is 4. The van der Waals surface area contributed by atoms with Gasteiger partial charge in [0.25, 0.3) is 5.91 Å². The Morgan fingerprint density at radius 2 is 1.69 bits per heavy atom. The van der Waals surface area contributed by atoms with Gasteiger partial charge in [-0.1, -0.05) is 42.5 Å². The second kappa shape index (κ2) is 8.44. The molecular formula is C19H19N3O3S.